The third-order valence-corrected chi connectivity index (χ3v) is 7.74. The van der Waals surface area contributed by atoms with Crippen LogP contribution in [-0.4, -0.2) is 83.9 Å². The van der Waals surface area contributed by atoms with Crippen molar-refractivity contribution in [2.75, 3.05) is 6.61 Å². The van der Waals surface area contributed by atoms with E-state index in [1.54, 1.807) is 0 Å². The molecule has 3 unspecified atom stereocenters. The van der Waals surface area contributed by atoms with Crippen molar-refractivity contribution < 1.29 is 61.9 Å². The quantitative estimate of drug-likeness (QED) is 0.189. The van der Waals surface area contributed by atoms with Crippen molar-refractivity contribution in [3.63, 3.8) is 0 Å². The van der Waals surface area contributed by atoms with Gasteiger partial charge in [-0.15, -0.1) is 0 Å². The molecule has 0 aromatic carbocycles. The van der Waals surface area contributed by atoms with E-state index in [9.17, 15) is 48.6 Å². The summed E-state index contributed by atoms with van der Waals surface area (Å²) in [6, 6.07) is 0. The summed E-state index contributed by atoms with van der Waals surface area (Å²) in [5.41, 5.74) is -1.24. The monoisotopic (exact) mass is 546 g/mol. The van der Waals surface area contributed by atoms with Crippen LogP contribution < -0.4 is 11.2 Å². The standard InChI is InChI=1S/C16H24N2O15P2/c1-6-4-18(16(24)17-14(6)23)10-3-8(19)9(31-10)5-29-34(25,26)33-35(27,28)32-15-13(22)12(21)11(20)7(2)30-15/h4,7-10,12-13,15,19,21-22H,3,5H2,1-2H3,(H,25,26)(H,27,28)(H,17,23,24)/t7-,8+,9-,10-,12-,13-,15?/m1/s1. The predicted molar refractivity (Wildman–Crippen MR) is 110 cm³/mol. The van der Waals surface area contributed by atoms with Crippen LogP contribution in [0.4, 0.5) is 0 Å². The summed E-state index contributed by atoms with van der Waals surface area (Å²) in [7, 11) is -10.8. The van der Waals surface area contributed by atoms with Crippen LogP contribution in [0.15, 0.2) is 15.8 Å². The van der Waals surface area contributed by atoms with E-state index in [2.05, 4.69) is 18.3 Å². The molecule has 35 heavy (non-hydrogen) atoms. The molecule has 2 aliphatic heterocycles. The smallest absolute Gasteiger partial charge is 0.390 e. The van der Waals surface area contributed by atoms with Crippen LogP contribution in [0.3, 0.4) is 0 Å². The van der Waals surface area contributed by atoms with Crippen LogP contribution in [0.5, 0.6) is 0 Å². The Kier molecular flexibility index (Phi) is 8.33. The summed E-state index contributed by atoms with van der Waals surface area (Å²) in [6.07, 6.45) is -10.1. The van der Waals surface area contributed by atoms with Gasteiger partial charge in [-0.25, -0.2) is 13.9 Å². The lowest BCUT2D eigenvalue weighted by molar-refractivity contribution is -0.226. The fourth-order valence-electron chi connectivity index (χ4n) is 3.30. The Morgan fingerprint density at radius 3 is 2.46 bits per heavy atom. The second kappa shape index (κ2) is 10.4. The summed E-state index contributed by atoms with van der Waals surface area (Å²) in [5.74, 6) is -0.921. The number of nitrogens with zero attached hydrogens (tertiary/aromatic N) is 1. The minimum atomic E-state index is -5.47. The van der Waals surface area contributed by atoms with Crippen molar-refractivity contribution >= 4 is 21.4 Å². The lowest BCUT2D eigenvalue weighted by Gasteiger charge is -2.34. The van der Waals surface area contributed by atoms with Crippen molar-refractivity contribution in [1.29, 1.82) is 0 Å². The number of aromatic nitrogens is 2. The molecule has 0 amide bonds. The van der Waals surface area contributed by atoms with Gasteiger partial charge in [-0.05, 0) is 13.8 Å². The number of hydrogen-bond donors (Lipinski definition) is 6. The van der Waals surface area contributed by atoms with E-state index in [4.69, 9.17) is 9.47 Å². The van der Waals surface area contributed by atoms with E-state index in [-0.39, 0.29) is 12.0 Å². The molecule has 17 nitrogen and oxygen atoms in total. The van der Waals surface area contributed by atoms with Gasteiger partial charge in [0.1, 0.15) is 30.6 Å². The van der Waals surface area contributed by atoms with Gasteiger partial charge < -0.3 is 34.6 Å². The average molecular weight is 546 g/mol. The van der Waals surface area contributed by atoms with E-state index in [0.29, 0.717) is 0 Å². The Bertz CT molecular complexity index is 1170. The molecule has 0 bridgehead atoms. The highest BCUT2D eigenvalue weighted by molar-refractivity contribution is 7.61. The average Bonchev–Trinajstić information content (AvgIpc) is 3.11. The fraction of sp³-hybridized carbons (Fsp3) is 0.688. The summed E-state index contributed by atoms with van der Waals surface area (Å²) in [6.45, 7) is 1.76. The number of carbonyl (C=O) groups is 1. The van der Waals surface area contributed by atoms with E-state index in [1.165, 1.54) is 20.0 Å². The topological polar surface area (TPSA) is 253 Å². The summed E-state index contributed by atoms with van der Waals surface area (Å²) >= 11 is 0. The number of aryl methyl sites for hydroxylation is 1. The van der Waals surface area contributed by atoms with Gasteiger partial charge in [0, 0.05) is 18.2 Å². The molecule has 0 spiro atoms. The molecule has 1 aromatic rings. The van der Waals surface area contributed by atoms with Gasteiger partial charge in [-0.3, -0.25) is 28.2 Å². The van der Waals surface area contributed by atoms with Crippen molar-refractivity contribution in [1.82, 2.24) is 9.55 Å². The first kappa shape index (κ1) is 28.0. The van der Waals surface area contributed by atoms with Gasteiger partial charge in [0.2, 0.25) is 0 Å². The molecule has 1 aromatic heterocycles. The third kappa shape index (κ3) is 6.60. The van der Waals surface area contributed by atoms with E-state index in [1.807, 2.05) is 0 Å². The molecule has 0 aliphatic carbocycles. The highest BCUT2D eigenvalue weighted by atomic mass is 31.3. The number of aromatic amines is 1. The van der Waals surface area contributed by atoms with Gasteiger partial charge in [-0.2, -0.15) is 4.31 Å². The minimum Gasteiger partial charge on any atom is -0.390 e. The number of Topliss-reactive ketones (excluding diaryl/α,β-unsaturated/α-hetero) is 1. The second-order valence-electron chi connectivity index (χ2n) is 7.82. The van der Waals surface area contributed by atoms with Gasteiger partial charge >= 0.3 is 21.3 Å². The van der Waals surface area contributed by atoms with Crippen molar-refractivity contribution in [3.8, 4) is 0 Å². The highest BCUT2D eigenvalue weighted by Crippen LogP contribution is 2.61. The fourth-order valence-corrected chi connectivity index (χ4v) is 5.46. The zero-order chi connectivity index (χ0) is 26.3. The number of nitrogens with one attached hydrogen (secondary N) is 1. The minimum absolute atomic E-state index is 0.159. The first-order valence-corrected chi connectivity index (χ1v) is 13.0. The van der Waals surface area contributed by atoms with Crippen LogP contribution in [0.1, 0.15) is 25.1 Å². The van der Waals surface area contributed by atoms with Gasteiger partial charge in [0.25, 0.3) is 5.56 Å². The largest absolute Gasteiger partial charge is 0.483 e. The molecule has 9 atom stereocenters. The Morgan fingerprint density at radius 1 is 1.14 bits per heavy atom. The molecular weight excluding hydrogens is 522 g/mol. The highest BCUT2D eigenvalue weighted by Gasteiger charge is 2.47. The summed E-state index contributed by atoms with van der Waals surface area (Å²) < 4.78 is 48.7. The first-order chi connectivity index (χ1) is 16.1. The molecule has 0 saturated carbocycles. The Hall–Kier alpha value is -1.59. The third-order valence-electron chi connectivity index (χ3n) is 5.14. The number of phosphoric acid groups is 2. The van der Waals surface area contributed by atoms with Gasteiger partial charge in [-0.1, -0.05) is 0 Å². The van der Waals surface area contributed by atoms with Crippen LogP contribution in [-0.2, 0) is 36.8 Å². The zero-order valence-corrected chi connectivity index (χ0v) is 20.0. The summed E-state index contributed by atoms with van der Waals surface area (Å²) in [5, 5.41) is 29.5. The maximum Gasteiger partial charge on any atom is 0.483 e. The number of carbonyl (C=O) groups excluding carboxylic acids is 1. The van der Waals surface area contributed by atoms with Crippen LogP contribution in [0.2, 0.25) is 0 Å². The van der Waals surface area contributed by atoms with Crippen LogP contribution in [0.25, 0.3) is 0 Å². The lowest BCUT2D eigenvalue weighted by atomic mass is 10.0. The molecule has 198 valence electrons. The normalized spacial score (nSPS) is 34.9. The Morgan fingerprint density at radius 2 is 1.80 bits per heavy atom. The molecule has 19 heteroatoms. The maximum atomic E-state index is 12.1. The van der Waals surface area contributed by atoms with Crippen LogP contribution in [0, 0.1) is 6.92 Å². The van der Waals surface area contributed by atoms with Gasteiger partial charge in [0.15, 0.2) is 12.1 Å². The molecule has 6 N–H and O–H groups in total. The number of aliphatic hydroxyl groups is 3. The van der Waals surface area contributed by atoms with E-state index in [0.717, 1.165) is 4.57 Å². The number of H-pyrrole nitrogens is 1. The molecule has 0 radical (unpaired) electrons. The molecule has 2 aliphatic rings. The molecule has 2 fully saturated rings. The number of ether oxygens (including phenoxy) is 2. The SMILES string of the molecule is Cc1cn([C@H]2C[C@H](O)[C@@H](COP(=O)(O)OP(=O)(O)OC3O[C@H](C)C(=O)[C@@H](O)[C@H]3O)O2)c(=O)[nH]c1=O. The van der Waals surface area contributed by atoms with Gasteiger partial charge in [0.05, 0.1) is 12.7 Å². The lowest BCUT2D eigenvalue weighted by Crippen LogP contribution is -2.54. The second-order valence-corrected chi connectivity index (χ2v) is 10.8. The molecular formula is C16H24N2O15P2. The number of hydrogen-bond acceptors (Lipinski definition) is 13. The zero-order valence-electron chi connectivity index (χ0n) is 18.2. The number of rotatable bonds is 8. The van der Waals surface area contributed by atoms with E-state index < -0.39 is 82.3 Å². The van der Waals surface area contributed by atoms with Crippen molar-refractivity contribution in [3.05, 3.63) is 32.6 Å². The summed E-state index contributed by atoms with van der Waals surface area (Å²) in [4.78, 5) is 56.7. The van der Waals surface area contributed by atoms with Crippen molar-refractivity contribution in [2.45, 2.75) is 63.3 Å². The first-order valence-electron chi connectivity index (χ1n) is 10.0. The number of phosphoric ester groups is 2. The maximum absolute atomic E-state index is 12.1. The Labute approximate surface area is 196 Å². The number of ketones is 1. The number of aliphatic hydroxyl groups excluding tert-OH is 3. The predicted octanol–water partition coefficient (Wildman–Crippen LogP) is -2.22. The van der Waals surface area contributed by atoms with E-state index >= 15 is 0 Å². The van der Waals surface area contributed by atoms with Crippen LogP contribution >= 0.6 is 15.6 Å². The molecule has 3 heterocycles. The Balaban J connectivity index is 1.59. The van der Waals surface area contributed by atoms with Crippen molar-refractivity contribution in [2.24, 2.45) is 0 Å². The molecule has 2 saturated heterocycles. The molecule has 3 rings (SSSR count).